The predicted octanol–water partition coefficient (Wildman–Crippen LogP) is 4.26. The number of hydrogen-bond acceptors (Lipinski definition) is 3. The van der Waals surface area contributed by atoms with Gasteiger partial charge in [0.05, 0.1) is 16.6 Å². The first kappa shape index (κ1) is 19.7. The lowest BCUT2D eigenvalue weighted by molar-refractivity contribution is 0.670. The van der Waals surface area contributed by atoms with Crippen LogP contribution in [0.2, 0.25) is 0 Å². The summed E-state index contributed by atoms with van der Waals surface area (Å²) in [6.07, 6.45) is 10.2. The molecule has 4 aromatic carbocycles. The molecule has 0 radical (unpaired) electrons. The largest absolute Gasteiger partial charge is 0.327 e. The van der Waals surface area contributed by atoms with Gasteiger partial charge in [0, 0.05) is 6.04 Å². The highest BCUT2D eigenvalue weighted by molar-refractivity contribution is 6.14. The van der Waals surface area contributed by atoms with Crippen LogP contribution in [0, 0.1) is 0 Å². The van der Waals surface area contributed by atoms with Crippen molar-refractivity contribution in [3.63, 3.8) is 0 Å². The average Bonchev–Trinajstić information content (AvgIpc) is 2.86. The van der Waals surface area contributed by atoms with Crippen molar-refractivity contribution in [3.8, 4) is 0 Å². The summed E-state index contributed by atoms with van der Waals surface area (Å²) in [5, 5.41) is 9.48. The third kappa shape index (κ3) is 2.95. The third-order valence-electron chi connectivity index (χ3n) is 7.40. The monoisotopic (exact) mass is 439 g/mol. The van der Waals surface area contributed by atoms with Gasteiger partial charge in [-0.2, -0.15) is 0 Å². The van der Waals surface area contributed by atoms with Crippen LogP contribution in [0.15, 0.2) is 78.9 Å². The number of aromatic nitrogens is 1. The molecule has 3 nitrogen and oxygen atoms in total. The van der Waals surface area contributed by atoms with Crippen molar-refractivity contribution in [2.45, 2.75) is 24.4 Å². The van der Waals surface area contributed by atoms with E-state index in [2.05, 4.69) is 97.1 Å². The van der Waals surface area contributed by atoms with Gasteiger partial charge in [0.15, 0.2) is 0 Å². The van der Waals surface area contributed by atoms with Crippen LogP contribution in [0.25, 0.3) is 50.5 Å². The van der Waals surface area contributed by atoms with Crippen molar-refractivity contribution >= 4 is 50.5 Å². The second-order valence-electron chi connectivity index (χ2n) is 9.71. The highest BCUT2D eigenvalue weighted by atomic mass is 14.8. The maximum absolute atomic E-state index is 7.17. The molecular formula is C31H25N3. The van der Waals surface area contributed by atoms with Gasteiger partial charge in [-0.3, -0.25) is 0 Å². The summed E-state index contributed by atoms with van der Waals surface area (Å²) in [5.74, 6) is 0. The van der Waals surface area contributed by atoms with Gasteiger partial charge >= 0.3 is 0 Å². The molecular weight excluding hydrogens is 414 g/mol. The van der Waals surface area contributed by atoms with Crippen molar-refractivity contribution < 1.29 is 0 Å². The summed E-state index contributed by atoms with van der Waals surface area (Å²) in [5.41, 5.74) is 15.9. The van der Waals surface area contributed by atoms with Crippen molar-refractivity contribution in [2.75, 3.05) is 0 Å². The Labute approximate surface area is 197 Å². The molecule has 0 saturated carbocycles. The SMILES string of the molecule is NC1CC=c2nc3c(cc2C1)=CC(N)(c1cccc2ccc4cc5ccccc5cc4c12)C=C3. The van der Waals surface area contributed by atoms with Crippen LogP contribution >= 0.6 is 0 Å². The fourth-order valence-electron chi connectivity index (χ4n) is 5.67. The molecule has 2 aliphatic rings. The van der Waals surface area contributed by atoms with Crippen LogP contribution in [-0.2, 0) is 12.0 Å². The number of hydrogen-bond donors (Lipinski definition) is 2. The number of pyridine rings is 1. The Hall–Kier alpha value is -3.79. The van der Waals surface area contributed by atoms with E-state index in [-0.39, 0.29) is 6.04 Å². The van der Waals surface area contributed by atoms with Crippen LogP contribution in [0.5, 0.6) is 0 Å². The number of fused-ring (bicyclic) bond motifs is 6. The molecule has 0 amide bonds. The zero-order valence-electron chi connectivity index (χ0n) is 18.8. The van der Waals surface area contributed by atoms with Gasteiger partial charge in [-0.05, 0) is 91.9 Å². The summed E-state index contributed by atoms with van der Waals surface area (Å²) < 4.78 is 0. The van der Waals surface area contributed by atoms with Crippen LogP contribution in [0.4, 0.5) is 0 Å². The Bertz CT molecular complexity index is 1800. The smallest absolute Gasteiger partial charge is 0.0802 e. The van der Waals surface area contributed by atoms with Crippen LogP contribution in [0.3, 0.4) is 0 Å². The van der Waals surface area contributed by atoms with Crippen molar-refractivity contribution in [1.29, 1.82) is 0 Å². The molecule has 0 saturated heterocycles. The Balaban J connectivity index is 1.51. The van der Waals surface area contributed by atoms with Crippen molar-refractivity contribution in [2.24, 2.45) is 11.5 Å². The Morgan fingerprint density at radius 1 is 0.853 bits per heavy atom. The van der Waals surface area contributed by atoms with E-state index in [1.165, 1.54) is 37.9 Å². The van der Waals surface area contributed by atoms with Crippen molar-refractivity contribution in [1.82, 2.24) is 4.98 Å². The van der Waals surface area contributed by atoms with Crippen LogP contribution in [0.1, 0.15) is 23.2 Å². The molecule has 1 heterocycles. The Morgan fingerprint density at radius 2 is 1.65 bits per heavy atom. The molecule has 2 atom stereocenters. The van der Waals surface area contributed by atoms with Gasteiger partial charge < -0.3 is 11.5 Å². The topological polar surface area (TPSA) is 64.9 Å². The number of nitrogens with zero attached hydrogens (tertiary/aromatic N) is 1. The molecule has 0 spiro atoms. The first-order chi connectivity index (χ1) is 16.6. The highest BCUT2D eigenvalue weighted by Crippen LogP contribution is 2.37. The molecule has 0 bridgehead atoms. The second kappa shape index (κ2) is 7.10. The van der Waals surface area contributed by atoms with Crippen molar-refractivity contribution in [3.05, 3.63) is 106 Å². The van der Waals surface area contributed by atoms with Gasteiger partial charge in [0.25, 0.3) is 0 Å². The molecule has 2 aliphatic carbocycles. The van der Waals surface area contributed by atoms with E-state index in [1.54, 1.807) is 0 Å². The molecule has 1 aromatic heterocycles. The molecule has 2 unspecified atom stereocenters. The van der Waals surface area contributed by atoms with Gasteiger partial charge in [-0.25, -0.2) is 4.98 Å². The minimum absolute atomic E-state index is 0.161. The summed E-state index contributed by atoms with van der Waals surface area (Å²) in [6, 6.07) is 26.4. The summed E-state index contributed by atoms with van der Waals surface area (Å²) in [7, 11) is 0. The minimum atomic E-state index is -0.733. The lowest BCUT2D eigenvalue weighted by Crippen LogP contribution is -2.39. The van der Waals surface area contributed by atoms with E-state index in [0.29, 0.717) is 0 Å². The van der Waals surface area contributed by atoms with E-state index in [9.17, 15) is 0 Å². The van der Waals surface area contributed by atoms with Crippen LogP contribution < -0.4 is 22.0 Å². The average molecular weight is 440 g/mol. The minimum Gasteiger partial charge on any atom is -0.327 e. The van der Waals surface area contributed by atoms with Gasteiger partial charge in [0.1, 0.15) is 0 Å². The fourth-order valence-corrected chi connectivity index (χ4v) is 5.67. The molecule has 3 heteroatoms. The normalized spacial score (nSPS) is 21.2. The van der Waals surface area contributed by atoms with E-state index in [4.69, 9.17) is 16.5 Å². The summed E-state index contributed by atoms with van der Waals surface area (Å²) in [4.78, 5) is 4.91. The van der Waals surface area contributed by atoms with E-state index >= 15 is 0 Å². The Kier molecular flexibility index (Phi) is 4.11. The molecule has 0 fully saturated rings. The van der Waals surface area contributed by atoms with Gasteiger partial charge in [-0.15, -0.1) is 0 Å². The van der Waals surface area contributed by atoms with E-state index < -0.39 is 5.54 Å². The third-order valence-corrected chi connectivity index (χ3v) is 7.40. The number of benzene rings is 4. The highest BCUT2D eigenvalue weighted by Gasteiger charge is 2.27. The second-order valence-corrected chi connectivity index (χ2v) is 9.71. The molecule has 4 N–H and O–H groups in total. The summed E-state index contributed by atoms with van der Waals surface area (Å²) >= 11 is 0. The first-order valence-corrected chi connectivity index (χ1v) is 11.9. The number of rotatable bonds is 1. The standard InChI is InChI=1S/C31H25N3/c32-25-10-11-28-23(16-25)15-24-18-31(33,13-12-29(24)34-28)27-7-3-6-19-8-9-22-14-20-4-1-2-5-21(20)17-26(22)30(19)27/h1-9,11-15,17-18,25H,10,16,32-33H2. The molecule has 34 heavy (non-hydrogen) atoms. The number of nitrogens with two attached hydrogens (primary N) is 2. The zero-order valence-corrected chi connectivity index (χ0v) is 18.8. The maximum atomic E-state index is 7.17. The molecule has 0 aliphatic heterocycles. The quantitative estimate of drug-likeness (QED) is 0.303. The maximum Gasteiger partial charge on any atom is 0.0802 e. The fraction of sp³-hybridized carbons (Fsp3) is 0.129. The van der Waals surface area contributed by atoms with Crippen LogP contribution in [-0.4, -0.2) is 11.0 Å². The first-order valence-electron chi connectivity index (χ1n) is 11.9. The molecule has 7 rings (SSSR count). The lowest BCUT2D eigenvalue weighted by Gasteiger charge is -2.28. The zero-order chi connectivity index (χ0) is 22.9. The molecule has 164 valence electrons. The predicted molar refractivity (Wildman–Crippen MR) is 143 cm³/mol. The summed E-state index contributed by atoms with van der Waals surface area (Å²) in [6.45, 7) is 0. The van der Waals surface area contributed by atoms with E-state index in [0.717, 1.165) is 34.7 Å². The molecule has 5 aromatic rings. The Morgan fingerprint density at radius 3 is 2.53 bits per heavy atom. The van der Waals surface area contributed by atoms with Gasteiger partial charge in [-0.1, -0.05) is 66.7 Å². The van der Waals surface area contributed by atoms with Gasteiger partial charge in [0.2, 0.25) is 0 Å². The lowest BCUT2D eigenvalue weighted by atomic mass is 9.81. The van der Waals surface area contributed by atoms with E-state index in [1.807, 2.05) is 0 Å².